The van der Waals surface area contributed by atoms with Gasteiger partial charge in [-0.05, 0) is 36.4 Å². The quantitative estimate of drug-likeness (QED) is 0.475. The molecule has 5 nitrogen and oxygen atoms in total. The smallest absolute Gasteiger partial charge is 0.404 e. The molecule has 0 fully saturated rings. The van der Waals surface area contributed by atoms with E-state index in [2.05, 4.69) is 10.6 Å². The lowest BCUT2D eigenvalue weighted by Gasteiger charge is -2.21. The molecule has 0 aliphatic rings. The Labute approximate surface area is 140 Å². The molecule has 0 aromatic heterocycles. The van der Waals surface area contributed by atoms with Crippen LogP contribution in [0.2, 0.25) is 0 Å². The molecule has 0 saturated heterocycles. The number of benzene rings is 3. The zero-order valence-electron chi connectivity index (χ0n) is 12.8. The number of anilines is 1. The van der Waals surface area contributed by atoms with Crippen LogP contribution in [0, 0.1) is 0 Å². The lowest BCUT2D eigenvalue weighted by atomic mass is 10.3. The van der Waals surface area contributed by atoms with Gasteiger partial charge in [0.05, 0.1) is 0 Å². The third-order valence-electron chi connectivity index (χ3n) is 3.05. The van der Waals surface area contributed by atoms with E-state index in [4.69, 9.17) is 9.05 Å². The van der Waals surface area contributed by atoms with Gasteiger partial charge < -0.3 is 14.5 Å². The molecular formula is C18H17N2O3P. The molecule has 0 heterocycles. The van der Waals surface area contributed by atoms with Crippen LogP contribution >= 0.6 is 7.75 Å². The first-order valence-electron chi connectivity index (χ1n) is 7.41. The van der Waals surface area contributed by atoms with Crippen LogP contribution in [0.4, 0.5) is 5.69 Å². The van der Waals surface area contributed by atoms with E-state index in [0.717, 1.165) is 5.69 Å². The summed E-state index contributed by atoms with van der Waals surface area (Å²) in [6.07, 6.45) is 0. The monoisotopic (exact) mass is 340 g/mol. The van der Waals surface area contributed by atoms with Crippen molar-refractivity contribution >= 4 is 13.4 Å². The van der Waals surface area contributed by atoms with Gasteiger partial charge in [-0.2, -0.15) is 0 Å². The minimum absolute atomic E-state index is 0.444. The second-order valence-corrected chi connectivity index (χ2v) is 6.49. The molecule has 0 aliphatic carbocycles. The topological polar surface area (TPSA) is 59.6 Å². The number of para-hydroxylation sites is 3. The number of hydrogen-bond donors (Lipinski definition) is 2. The fourth-order valence-corrected chi connectivity index (χ4v) is 3.15. The minimum atomic E-state index is -3.69. The van der Waals surface area contributed by atoms with Crippen molar-refractivity contribution in [2.24, 2.45) is 0 Å². The summed E-state index contributed by atoms with van der Waals surface area (Å²) < 4.78 is 24.3. The summed E-state index contributed by atoms with van der Waals surface area (Å²) in [5, 5.41) is 2.67. The van der Waals surface area contributed by atoms with Gasteiger partial charge >= 0.3 is 7.75 Å². The van der Waals surface area contributed by atoms with Gasteiger partial charge in [0.15, 0.2) is 0 Å². The summed E-state index contributed by atoms with van der Waals surface area (Å²) in [5.74, 6) is 0.887. The van der Waals surface area contributed by atoms with E-state index in [9.17, 15) is 4.57 Å². The molecule has 6 heteroatoms. The Morgan fingerprint density at radius 1 is 0.625 bits per heavy atom. The SMILES string of the molecule is O=P(NNc1ccccc1)(Oc1ccccc1)Oc1ccccc1. The first-order chi connectivity index (χ1) is 11.7. The maximum absolute atomic E-state index is 13.1. The first-order valence-corrected chi connectivity index (χ1v) is 8.95. The second kappa shape index (κ2) is 7.68. The van der Waals surface area contributed by atoms with E-state index in [1.165, 1.54) is 0 Å². The van der Waals surface area contributed by atoms with Crippen molar-refractivity contribution in [2.75, 3.05) is 5.43 Å². The summed E-state index contributed by atoms with van der Waals surface area (Å²) in [5.41, 5.74) is 3.60. The highest BCUT2D eigenvalue weighted by atomic mass is 31.2. The molecule has 0 amide bonds. The van der Waals surface area contributed by atoms with Gasteiger partial charge in [0.2, 0.25) is 0 Å². The molecule has 3 rings (SSSR count). The van der Waals surface area contributed by atoms with Crippen LogP contribution in [0.3, 0.4) is 0 Å². The average molecular weight is 340 g/mol. The Morgan fingerprint density at radius 2 is 1.04 bits per heavy atom. The third-order valence-corrected chi connectivity index (χ3v) is 4.34. The van der Waals surface area contributed by atoms with Gasteiger partial charge in [-0.3, -0.25) is 0 Å². The van der Waals surface area contributed by atoms with Gasteiger partial charge in [-0.15, -0.1) is 5.20 Å². The molecule has 3 aromatic rings. The Kier molecular flexibility index (Phi) is 5.16. The van der Waals surface area contributed by atoms with E-state index in [1.807, 2.05) is 42.5 Å². The zero-order valence-corrected chi connectivity index (χ0v) is 13.7. The Bertz CT molecular complexity index is 753. The van der Waals surface area contributed by atoms with Crippen LogP contribution in [-0.2, 0) is 4.57 Å². The fraction of sp³-hybridized carbons (Fsp3) is 0. The van der Waals surface area contributed by atoms with Crippen LogP contribution in [0.5, 0.6) is 11.5 Å². The molecule has 0 unspecified atom stereocenters. The van der Waals surface area contributed by atoms with Crippen molar-refractivity contribution in [2.45, 2.75) is 0 Å². The van der Waals surface area contributed by atoms with Crippen molar-refractivity contribution in [3.05, 3.63) is 91.0 Å². The van der Waals surface area contributed by atoms with E-state index in [1.54, 1.807) is 48.5 Å². The van der Waals surface area contributed by atoms with Gasteiger partial charge in [-0.25, -0.2) is 4.57 Å². The lowest BCUT2D eigenvalue weighted by molar-refractivity contribution is 0.375. The molecule has 122 valence electrons. The molecule has 0 radical (unpaired) electrons. The highest BCUT2D eigenvalue weighted by Gasteiger charge is 2.28. The van der Waals surface area contributed by atoms with E-state index in [-0.39, 0.29) is 0 Å². The summed E-state index contributed by atoms with van der Waals surface area (Å²) in [6, 6.07) is 27.1. The third kappa shape index (κ3) is 4.62. The maximum atomic E-state index is 13.1. The standard InChI is InChI=1S/C18H17N2O3P/c21-24(22-17-12-6-2-7-13-17,23-18-14-8-3-9-15-18)20-19-16-10-4-1-5-11-16/h1-15,19H,(H,20,21). The van der Waals surface area contributed by atoms with Crippen molar-refractivity contribution in [1.29, 1.82) is 0 Å². The van der Waals surface area contributed by atoms with Gasteiger partial charge in [0.1, 0.15) is 11.5 Å². The number of hydrazine groups is 1. The summed E-state index contributed by atoms with van der Waals surface area (Å²) in [6.45, 7) is 0. The maximum Gasteiger partial charge on any atom is 0.530 e. The van der Waals surface area contributed by atoms with Gasteiger partial charge in [0.25, 0.3) is 0 Å². The van der Waals surface area contributed by atoms with Gasteiger partial charge in [-0.1, -0.05) is 54.6 Å². The van der Waals surface area contributed by atoms with E-state index < -0.39 is 7.75 Å². The van der Waals surface area contributed by atoms with Crippen LogP contribution < -0.4 is 19.7 Å². The molecule has 2 N–H and O–H groups in total. The van der Waals surface area contributed by atoms with Crippen LogP contribution in [-0.4, -0.2) is 0 Å². The number of nitrogens with one attached hydrogen (secondary N) is 2. The van der Waals surface area contributed by atoms with Crippen molar-refractivity contribution < 1.29 is 13.6 Å². The first kappa shape index (κ1) is 16.1. The zero-order chi connectivity index (χ0) is 16.7. The Balaban J connectivity index is 1.78. The van der Waals surface area contributed by atoms with E-state index in [0.29, 0.717) is 11.5 Å². The normalized spacial score (nSPS) is 10.8. The largest absolute Gasteiger partial charge is 0.530 e. The average Bonchev–Trinajstić information content (AvgIpc) is 2.63. The van der Waals surface area contributed by atoms with Crippen molar-refractivity contribution in [3.63, 3.8) is 0 Å². The summed E-state index contributed by atoms with van der Waals surface area (Å²) >= 11 is 0. The Morgan fingerprint density at radius 3 is 1.50 bits per heavy atom. The minimum Gasteiger partial charge on any atom is -0.404 e. The molecule has 0 bridgehead atoms. The molecular weight excluding hydrogens is 323 g/mol. The lowest BCUT2D eigenvalue weighted by Crippen LogP contribution is -2.24. The molecule has 0 spiro atoms. The molecule has 3 aromatic carbocycles. The number of hydrogen-bond acceptors (Lipinski definition) is 4. The molecule has 0 saturated carbocycles. The highest BCUT2D eigenvalue weighted by molar-refractivity contribution is 7.52. The van der Waals surface area contributed by atoms with Crippen molar-refractivity contribution in [1.82, 2.24) is 5.20 Å². The van der Waals surface area contributed by atoms with Gasteiger partial charge in [0, 0.05) is 5.69 Å². The summed E-state index contributed by atoms with van der Waals surface area (Å²) in [7, 11) is -3.69. The van der Waals surface area contributed by atoms with Crippen LogP contribution in [0.1, 0.15) is 0 Å². The highest BCUT2D eigenvalue weighted by Crippen LogP contribution is 2.44. The van der Waals surface area contributed by atoms with Crippen LogP contribution in [0.25, 0.3) is 0 Å². The van der Waals surface area contributed by atoms with Crippen LogP contribution in [0.15, 0.2) is 91.0 Å². The summed E-state index contributed by atoms with van der Waals surface area (Å²) in [4.78, 5) is 0. The van der Waals surface area contributed by atoms with Crippen molar-refractivity contribution in [3.8, 4) is 11.5 Å². The molecule has 0 aliphatic heterocycles. The fourth-order valence-electron chi connectivity index (χ4n) is 1.96. The predicted molar refractivity (Wildman–Crippen MR) is 94.9 cm³/mol. The predicted octanol–water partition coefficient (Wildman–Crippen LogP) is 4.87. The Hall–Kier alpha value is -2.75. The molecule has 0 atom stereocenters. The second-order valence-electron chi connectivity index (χ2n) is 4.91. The molecule has 24 heavy (non-hydrogen) atoms. The number of rotatable bonds is 7. The van der Waals surface area contributed by atoms with E-state index >= 15 is 0 Å².